The highest BCUT2D eigenvalue weighted by Gasteiger charge is 2.08. The first kappa shape index (κ1) is 9.74. The molecule has 0 heterocycles. The SMILES string of the molecule is C=CCCC(CC)C(C)C. The second-order valence-corrected chi connectivity index (χ2v) is 3.28. The third-order valence-electron chi connectivity index (χ3n) is 2.21. The van der Waals surface area contributed by atoms with E-state index in [0.717, 1.165) is 11.8 Å². The van der Waals surface area contributed by atoms with E-state index in [9.17, 15) is 0 Å². The van der Waals surface area contributed by atoms with Crippen LogP contribution >= 0.6 is 0 Å². The highest BCUT2D eigenvalue weighted by molar-refractivity contribution is 4.70. The fourth-order valence-corrected chi connectivity index (χ4v) is 1.34. The van der Waals surface area contributed by atoms with Crippen molar-refractivity contribution in [3.8, 4) is 0 Å². The van der Waals surface area contributed by atoms with Gasteiger partial charge in [-0.2, -0.15) is 0 Å². The minimum absolute atomic E-state index is 0.838. The van der Waals surface area contributed by atoms with Gasteiger partial charge in [-0.05, 0) is 24.7 Å². The number of hydrogen-bond acceptors (Lipinski definition) is 0. The molecule has 0 heteroatoms. The maximum absolute atomic E-state index is 3.73. The first-order chi connectivity index (χ1) is 4.72. The van der Waals surface area contributed by atoms with Crippen LogP contribution in [0.15, 0.2) is 12.7 Å². The summed E-state index contributed by atoms with van der Waals surface area (Å²) in [4.78, 5) is 0. The minimum Gasteiger partial charge on any atom is -0.103 e. The van der Waals surface area contributed by atoms with E-state index in [1.54, 1.807) is 0 Å². The Bertz CT molecular complexity index is 82.0. The van der Waals surface area contributed by atoms with Gasteiger partial charge >= 0.3 is 0 Å². The zero-order chi connectivity index (χ0) is 7.98. The lowest BCUT2D eigenvalue weighted by Crippen LogP contribution is -2.06. The van der Waals surface area contributed by atoms with Crippen LogP contribution in [0, 0.1) is 11.8 Å². The third kappa shape index (κ3) is 3.71. The van der Waals surface area contributed by atoms with Gasteiger partial charge in [0.05, 0.1) is 0 Å². The van der Waals surface area contributed by atoms with Gasteiger partial charge in [0.2, 0.25) is 0 Å². The van der Waals surface area contributed by atoms with Crippen LogP contribution in [0.25, 0.3) is 0 Å². The molecule has 0 N–H and O–H groups in total. The van der Waals surface area contributed by atoms with Gasteiger partial charge in [0.25, 0.3) is 0 Å². The lowest BCUT2D eigenvalue weighted by atomic mass is 9.89. The van der Waals surface area contributed by atoms with Gasteiger partial charge in [-0.3, -0.25) is 0 Å². The maximum atomic E-state index is 3.73. The molecule has 0 aromatic carbocycles. The first-order valence-corrected chi connectivity index (χ1v) is 4.33. The molecular formula is C10H20. The van der Waals surface area contributed by atoms with Gasteiger partial charge in [0.1, 0.15) is 0 Å². The van der Waals surface area contributed by atoms with Crippen molar-refractivity contribution in [3.05, 3.63) is 12.7 Å². The van der Waals surface area contributed by atoms with E-state index in [1.807, 2.05) is 6.08 Å². The van der Waals surface area contributed by atoms with Gasteiger partial charge in [0, 0.05) is 0 Å². The zero-order valence-corrected chi connectivity index (χ0v) is 7.56. The number of allylic oxidation sites excluding steroid dienone is 1. The van der Waals surface area contributed by atoms with E-state index in [1.165, 1.54) is 19.3 Å². The Hall–Kier alpha value is -0.260. The van der Waals surface area contributed by atoms with Crippen LogP contribution in [0.5, 0.6) is 0 Å². The molecule has 0 bridgehead atoms. The van der Waals surface area contributed by atoms with Crippen molar-refractivity contribution in [2.75, 3.05) is 0 Å². The number of rotatable bonds is 5. The van der Waals surface area contributed by atoms with Crippen LogP contribution in [0.4, 0.5) is 0 Å². The monoisotopic (exact) mass is 140 g/mol. The fraction of sp³-hybridized carbons (Fsp3) is 0.800. The summed E-state index contributed by atoms with van der Waals surface area (Å²) < 4.78 is 0. The summed E-state index contributed by atoms with van der Waals surface area (Å²) in [5.74, 6) is 1.74. The second-order valence-electron chi connectivity index (χ2n) is 3.28. The van der Waals surface area contributed by atoms with Crippen LogP contribution in [-0.2, 0) is 0 Å². The lowest BCUT2D eigenvalue weighted by molar-refractivity contribution is 0.351. The molecule has 0 aromatic rings. The van der Waals surface area contributed by atoms with Crippen LogP contribution in [0.1, 0.15) is 40.0 Å². The van der Waals surface area contributed by atoms with Gasteiger partial charge in [0.15, 0.2) is 0 Å². The van der Waals surface area contributed by atoms with Crippen molar-refractivity contribution in [1.29, 1.82) is 0 Å². The minimum atomic E-state index is 0.838. The Kier molecular flexibility index (Phi) is 5.38. The normalized spacial score (nSPS) is 13.6. The summed E-state index contributed by atoms with van der Waals surface area (Å²) >= 11 is 0. The molecular weight excluding hydrogens is 120 g/mol. The molecule has 0 amide bonds. The summed E-state index contributed by atoms with van der Waals surface area (Å²) in [7, 11) is 0. The predicted molar refractivity (Wildman–Crippen MR) is 48.1 cm³/mol. The fourth-order valence-electron chi connectivity index (χ4n) is 1.34. The van der Waals surface area contributed by atoms with Crippen LogP contribution in [0.3, 0.4) is 0 Å². The molecule has 0 saturated carbocycles. The molecule has 1 atom stereocenters. The molecule has 1 unspecified atom stereocenters. The first-order valence-electron chi connectivity index (χ1n) is 4.33. The van der Waals surface area contributed by atoms with Crippen molar-refractivity contribution < 1.29 is 0 Å². The van der Waals surface area contributed by atoms with Crippen molar-refractivity contribution in [2.24, 2.45) is 11.8 Å². The lowest BCUT2D eigenvalue weighted by Gasteiger charge is -2.17. The van der Waals surface area contributed by atoms with Crippen LogP contribution < -0.4 is 0 Å². The summed E-state index contributed by atoms with van der Waals surface area (Å²) in [6, 6.07) is 0. The molecule has 0 saturated heterocycles. The summed E-state index contributed by atoms with van der Waals surface area (Å²) in [6.07, 6.45) is 5.82. The second kappa shape index (κ2) is 5.52. The number of hydrogen-bond donors (Lipinski definition) is 0. The van der Waals surface area contributed by atoms with E-state index < -0.39 is 0 Å². The standard InChI is InChI=1S/C10H20/c1-5-7-8-10(6-2)9(3)4/h5,9-10H,1,6-8H2,2-4H3. The average Bonchev–Trinajstić information content (AvgIpc) is 1.89. The van der Waals surface area contributed by atoms with E-state index in [-0.39, 0.29) is 0 Å². The van der Waals surface area contributed by atoms with Crippen LogP contribution in [-0.4, -0.2) is 0 Å². The van der Waals surface area contributed by atoms with E-state index in [4.69, 9.17) is 0 Å². The largest absolute Gasteiger partial charge is 0.103 e. The van der Waals surface area contributed by atoms with Gasteiger partial charge < -0.3 is 0 Å². The Morgan fingerprint density at radius 2 is 2.00 bits per heavy atom. The highest BCUT2D eigenvalue weighted by Crippen LogP contribution is 2.20. The average molecular weight is 140 g/mol. The smallest absolute Gasteiger partial charge is 0.0351 e. The van der Waals surface area contributed by atoms with E-state index in [0.29, 0.717) is 0 Å². The summed E-state index contributed by atoms with van der Waals surface area (Å²) in [6.45, 7) is 10.6. The highest BCUT2D eigenvalue weighted by atomic mass is 14.1. The topological polar surface area (TPSA) is 0 Å². The zero-order valence-electron chi connectivity index (χ0n) is 7.56. The molecule has 0 aliphatic heterocycles. The third-order valence-corrected chi connectivity index (χ3v) is 2.21. The molecule has 0 aliphatic carbocycles. The van der Waals surface area contributed by atoms with Crippen LogP contribution in [0.2, 0.25) is 0 Å². The molecule has 0 fully saturated rings. The predicted octanol–water partition coefficient (Wildman–Crippen LogP) is 3.63. The summed E-state index contributed by atoms with van der Waals surface area (Å²) in [5, 5.41) is 0. The van der Waals surface area contributed by atoms with E-state index in [2.05, 4.69) is 27.4 Å². The summed E-state index contributed by atoms with van der Waals surface area (Å²) in [5.41, 5.74) is 0. The van der Waals surface area contributed by atoms with Crippen molar-refractivity contribution in [3.63, 3.8) is 0 Å². The Morgan fingerprint density at radius 3 is 2.30 bits per heavy atom. The quantitative estimate of drug-likeness (QED) is 0.511. The molecule has 0 aliphatic rings. The van der Waals surface area contributed by atoms with Crippen molar-refractivity contribution >= 4 is 0 Å². The Balaban J connectivity index is 3.49. The molecule has 10 heavy (non-hydrogen) atoms. The van der Waals surface area contributed by atoms with Crippen molar-refractivity contribution in [2.45, 2.75) is 40.0 Å². The maximum Gasteiger partial charge on any atom is -0.0351 e. The van der Waals surface area contributed by atoms with E-state index >= 15 is 0 Å². The molecule has 0 spiro atoms. The molecule has 60 valence electrons. The van der Waals surface area contributed by atoms with Gasteiger partial charge in [-0.25, -0.2) is 0 Å². The molecule has 0 rings (SSSR count). The molecule has 0 nitrogen and oxygen atoms in total. The van der Waals surface area contributed by atoms with Gasteiger partial charge in [-0.1, -0.05) is 33.3 Å². The Morgan fingerprint density at radius 1 is 1.40 bits per heavy atom. The van der Waals surface area contributed by atoms with Crippen molar-refractivity contribution in [1.82, 2.24) is 0 Å². The molecule has 0 aromatic heterocycles. The van der Waals surface area contributed by atoms with Gasteiger partial charge in [-0.15, -0.1) is 6.58 Å². The molecule has 0 radical (unpaired) electrons. The Labute approximate surface area is 65.3 Å².